The molecular weight excluding hydrogens is 450 g/mol. The minimum Gasteiger partial charge on any atom is -0.336 e. The van der Waals surface area contributed by atoms with Gasteiger partial charge in [0.1, 0.15) is 0 Å². The maximum absolute atomic E-state index is 13.5. The molecule has 0 saturated carbocycles. The summed E-state index contributed by atoms with van der Waals surface area (Å²) in [6.07, 6.45) is 3.72. The SMILES string of the molecule is O=C(CN1CCN(C(=O)c2ccccc2-c2ccc(Cn3cccn3)cc2)CC1)Nc1ccccc1. The maximum Gasteiger partial charge on any atom is 0.254 e. The number of rotatable bonds is 7. The van der Waals surface area contributed by atoms with Crippen molar-refractivity contribution >= 4 is 17.5 Å². The molecule has 0 aliphatic carbocycles. The van der Waals surface area contributed by atoms with Crippen molar-refractivity contribution in [2.24, 2.45) is 0 Å². The molecule has 7 nitrogen and oxygen atoms in total. The average molecular weight is 480 g/mol. The van der Waals surface area contributed by atoms with Crippen molar-refractivity contribution in [1.82, 2.24) is 19.6 Å². The van der Waals surface area contributed by atoms with Gasteiger partial charge in [0.2, 0.25) is 5.91 Å². The van der Waals surface area contributed by atoms with E-state index in [1.54, 1.807) is 6.20 Å². The first-order valence-corrected chi connectivity index (χ1v) is 12.2. The number of aromatic nitrogens is 2. The second-order valence-corrected chi connectivity index (χ2v) is 8.93. The molecular formula is C29H29N5O2. The van der Waals surface area contributed by atoms with E-state index in [2.05, 4.69) is 39.6 Å². The molecule has 1 fully saturated rings. The topological polar surface area (TPSA) is 70.5 Å². The molecule has 7 heteroatoms. The fraction of sp³-hybridized carbons (Fsp3) is 0.207. The van der Waals surface area contributed by atoms with Gasteiger partial charge in [0.15, 0.2) is 0 Å². The molecule has 1 aliphatic rings. The van der Waals surface area contributed by atoms with Crippen LogP contribution in [0.2, 0.25) is 0 Å². The molecule has 0 radical (unpaired) electrons. The Morgan fingerprint density at radius 1 is 0.806 bits per heavy atom. The van der Waals surface area contributed by atoms with Gasteiger partial charge in [0.25, 0.3) is 5.91 Å². The fourth-order valence-electron chi connectivity index (χ4n) is 4.50. The van der Waals surface area contributed by atoms with Gasteiger partial charge in [-0.05, 0) is 41.0 Å². The van der Waals surface area contributed by atoms with Crippen LogP contribution in [0.5, 0.6) is 0 Å². The molecule has 5 rings (SSSR count). The van der Waals surface area contributed by atoms with Gasteiger partial charge >= 0.3 is 0 Å². The lowest BCUT2D eigenvalue weighted by atomic mass is 9.97. The number of hydrogen-bond acceptors (Lipinski definition) is 4. The smallest absolute Gasteiger partial charge is 0.254 e. The number of amides is 2. The first-order valence-electron chi connectivity index (χ1n) is 12.2. The number of piperazine rings is 1. The largest absolute Gasteiger partial charge is 0.336 e. The van der Waals surface area contributed by atoms with Crippen LogP contribution < -0.4 is 5.32 Å². The van der Waals surface area contributed by atoms with Crippen molar-refractivity contribution < 1.29 is 9.59 Å². The van der Waals surface area contributed by atoms with Crippen molar-refractivity contribution in [3.8, 4) is 11.1 Å². The summed E-state index contributed by atoms with van der Waals surface area (Å²) in [5.74, 6) is -0.0121. The van der Waals surface area contributed by atoms with Crippen LogP contribution >= 0.6 is 0 Å². The lowest BCUT2D eigenvalue weighted by molar-refractivity contribution is -0.117. The molecule has 36 heavy (non-hydrogen) atoms. The summed E-state index contributed by atoms with van der Waals surface area (Å²) in [7, 11) is 0. The van der Waals surface area contributed by atoms with Crippen LogP contribution in [0.1, 0.15) is 15.9 Å². The van der Waals surface area contributed by atoms with Gasteiger partial charge in [0, 0.05) is 49.8 Å². The fourth-order valence-corrected chi connectivity index (χ4v) is 4.50. The number of carbonyl (C=O) groups is 2. The second-order valence-electron chi connectivity index (χ2n) is 8.93. The summed E-state index contributed by atoms with van der Waals surface area (Å²) in [5.41, 5.74) is 4.59. The Kier molecular flexibility index (Phi) is 7.19. The Morgan fingerprint density at radius 2 is 1.53 bits per heavy atom. The first-order chi connectivity index (χ1) is 17.7. The normalized spacial score (nSPS) is 13.9. The van der Waals surface area contributed by atoms with Crippen molar-refractivity contribution in [3.05, 3.63) is 108 Å². The van der Waals surface area contributed by atoms with Crippen molar-refractivity contribution in [2.45, 2.75) is 6.54 Å². The molecule has 2 heterocycles. The summed E-state index contributed by atoms with van der Waals surface area (Å²) in [5, 5.41) is 7.19. The third-order valence-corrected chi connectivity index (χ3v) is 6.41. The zero-order valence-electron chi connectivity index (χ0n) is 20.1. The van der Waals surface area contributed by atoms with E-state index < -0.39 is 0 Å². The Morgan fingerprint density at radius 3 is 2.25 bits per heavy atom. The number of benzene rings is 3. The summed E-state index contributed by atoms with van der Waals surface area (Å²) in [4.78, 5) is 29.8. The van der Waals surface area contributed by atoms with Crippen molar-refractivity contribution in [3.63, 3.8) is 0 Å². The van der Waals surface area contributed by atoms with Crippen LogP contribution in [0.15, 0.2) is 97.3 Å². The number of hydrogen-bond donors (Lipinski definition) is 1. The maximum atomic E-state index is 13.5. The summed E-state index contributed by atoms with van der Waals surface area (Å²) in [6.45, 7) is 3.54. The molecule has 4 aromatic rings. The van der Waals surface area contributed by atoms with E-state index in [1.807, 2.05) is 76.4 Å². The minimum atomic E-state index is -0.0395. The van der Waals surface area contributed by atoms with E-state index in [0.717, 1.165) is 22.4 Å². The predicted molar refractivity (Wildman–Crippen MR) is 141 cm³/mol. The van der Waals surface area contributed by atoms with E-state index >= 15 is 0 Å². The summed E-state index contributed by atoms with van der Waals surface area (Å²) in [6, 6.07) is 27.4. The Balaban J connectivity index is 1.20. The number of nitrogens with zero attached hydrogens (tertiary/aromatic N) is 4. The van der Waals surface area contributed by atoms with Crippen LogP contribution in [-0.4, -0.2) is 64.1 Å². The Bertz CT molecular complexity index is 1300. The zero-order chi connectivity index (χ0) is 24.7. The van der Waals surface area contributed by atoms with Crippen LogP contribution in [0.3, 0.4) is 0 Å². The van der Waals surface area contributed by atoms with Gasteiger partial charge in [-0.25, -0.2) is 0 Å². The molecule has 1 N–H and O–H groups in total. The van der Waals surface area contributed by atoms with E-state index in [4.69, 9.17) is 0 Å². The number of para-hydroxylation sites is 1. The number of anilines is 1. The zero-order valence-corrected chi connectivity index (χ0v) is 20.1. The van der Waals surface area contributed by atoms with Crippen LogP contribution in [0.4, 0.5) is 5.69 Å². The van der Waals surface area contributed by atoms with Gasteiger partial charge in [-0.2, -0.15) is 5.10 Å². The molecule has 0 atom stereocenters. The van der Waals surface area contributed by atoms with Gasteiger partial charge in [-0.15, -0.1) is 0 Å². The second kappa shape index (κ2) is 11.0. The highest BCUT2D eigenvalue weighted by Gasteiger charge is 2.25. The van der Waals surface area contributed by atoms with E-state index in [-0.39, 0.29) is 11.8 Å². The minimum absolute atomic E-state index is 0.0274. The molecule has 0 bridgehead atoms. The number of nitrogens with one attached hydrogen (secondary N) is 1. The quantitative estimate of drug-likeness (QED) is 0.435. The average Bonchev–Trinajstić information content (AvgIpc) is 3.43. The Hall–Kier alpha value is -4.23. The van der Waals surface area contributed by atoms with E-state index in [9.17, 15) is 9.59 Å². The van der Waals surface area contributed by atoms with Gasteiger partial charge in [0.05, 0.1) is 13.1 Å². The highest BCUT2D eigenvalue weighted by atomic mass is 16.2. The lowest BCUT2D eigenvalue weighted by Crippen LogP contribution is -2.50. The van der Waals surface area contributed by atoms with E-state index in [1.165, 1.54) is 0 Å². The van der Waals surface area contributed by atoms with Crippen LogP contribution in [0.25, 0.3) is 11.1 Å². The van der Waals surface area contributed by atoms with Crippen LogP contribution in [0, 0.1) is 0 Å². The molecule has 0 spiro atoms. The monoisotopic (exact) mass is 479 g/mol. The summed E-state index contributed by atoms with van der Waals surface area (Å²) >= 11 is 0. The molecule has 3 aromatic carbocycles. The third kappa shape index (κ3) is 5.70. The third-order valence-electron chi connectivity index (χ3n) is 6.41. The molecule has 0 unspecified atom stereocenters. The predicted octanol–water partition coefficient (Wildman–Crippen LogP) is 3.99. The molecule has 1 aliphatic heterocycles. The van der Waals surface area contributed by atoms with Gasteiger partial charge in [-0.1, -0.05) is 60.7 Å². The van der Waals surface area contributed by atoms with E-state index in [0.29, 0.717) is 44.8 Å². The van der Waals surface area contributed by atoms with Crippen molar-refractivity contribution in [2.75, 3.05) is 38.0 Å². The molecule has 182 valence electrons. The molecule has 2 amide bonds. The number of carbonyl (C=O) groups excluding carboxylic acids is 2. The Labute approximate surface area is 211 Å². The highest BCUT2D eigenvalue weighted by Crippen LogP contribution is 2.26. The standard InChI is InChI=1S/C29H29N5O2/c35-28(31-25-7-2-1-3-8-25)22-32-17-19-33(20-18-32)29(36)27-10-5-4-9-26(27)24-13-11-23(12-14-24)21-34-16-6-15-30-34/h1-16H,17-22H2,(H,31,35). The highest BCUT2D eigenvalue weighted by molar-refractivity contribution is 6.01. The molecule has 1 saturated heterocycles. The lowest BCUT2D eigenvalue weighted by Gasteiger charge is -2.34. The van der Waals surface area contributed by atoms with Crippen LogP contribution in [-0.2, 0) is 11.3 Å². The van der Waals surface area contributed by atoms with Gasteiger partial charge < -0.3 is 10.2 Å². The van der Waals surface area contributed by atoms with Gasteiger partial charge in [-0.3, -0.25) is 19.2 Å². The summed E-state index contributed by atoms with van der Waals surface area (Å²) < 4.78 is 1.89. The molecule has 1 aromatic heterocycles. The first kappa shape index (κ1) is 23.5. The van der Waals surface area contributed by atoms with Crippen molar-refractivity contribution in [1.29, 1.82) is 0 Å².